The lowest BCUT2D eigenvalue weighted by Gasteiger charge is -2.12. The molecule has 32 heavy (non-hydrogen) atoms. The fourth-order valence-corrected chi connectivity index (χ4v) is 4.11. The van der Waals surface area contributed by atoms with Gasteiger partial charge in [-0.25, -0.2) is 14.1 Å². The lowest BCUT2D eigenvalue weighted by molar-refractivity contribution is -0.117. The molecule has 0 aliphatic heterocycles. The second-order valence-electron chi connectivity index (χ2n) is 6.84. The number of nitrogens with zero attached hydrogens (tertiary/aromatic N) is 3. The number of thiazole rings is 1. The fourth-order valence-electron chi connectivity index (χ4n) is 3.20. The first-order valence-corrected chi connectivity index (χ1v) is 10.4. The molecule has 0 fully saturated rings. The van der Waals surface area contributed by atoms with Crippen LogP contribution in [0, 0.1) is 12.7 Å². The van der Waals surface area contributed by atoms with Crippen molar-refractivity contribution in [1.82, 2.24) is 14.8 Å². The maximum absolute atomic E-state index is 13.4. The minimum Gasteiger partial charge on any atom is -0.497 e. The Morgan fingerprint density at radius 1 is 1.16 bits per heavy atom. The van der Waals surface area contributed by atoms with Gasteiger partial charge in [0, 0.05) is 11.6 Å². The first-order chi connectivity index (χ1) is 15.4. The molecule has 0 aliphatic carbocycles. The van der Waals surface area contributed by atoms with Crippen molar-refractivity contribution in [2.45, 2.75) is 13.5 Å². The minimum atomic E-state index is -0.480. The molecule has 0 saturated carbocycles. The average molecular weight is 454 g/mol. The highest BCUT2D eigenvalue weighted by molar-refractivity contribution is 7.19. The predicted molar refractivity (Wildman–Crippen MR) is 120 cm³/mol. The van der Waals surface area contributed by atoms with Crippen LogP contribution in [-0.2, 0) is 11.3 Å². The number of halogens is 1. The summed E-state index contributed by atoms with van der Waals surface area (Å²) in [5.74, 6) is 0.132. The van der Waals surface area contributed by atoms with E-state index < -0.39 is 11.5 Å². The van der Waals surface area contributed by atoms with Crippen molar-refractivity contribution in [3.8, 4) is 22.8 Å². The van der Waals surface area contributed by atoms with E-state index in [1.54, 1.807) is 37.3 Å². The highest BCUT2D eigenvalue weighted by Gasteiger charge is 2.18. The number of ether oxygens (including phenoxy) is 2. The van der Waals surface area contributed by atoms with Crippen molar-refractivity contribution in [1.29, 1.82) is 0 Å². The van der Waals surface area contributed by atoms with Gasteiger partial charge in [-0.3, -0.25) is 9.59 Å². The standard InChI is InChI=1S/C22H19FN4O4S/c1-12-24-20-21(32-12)19(13-4-6-14(23)7-5-13)26-27(22(20)29)11-18(28)25-16-9-8-15(30-2)10-17(16)31-3/h4-10H,11H2,1-3H3,(H,25,28). The Morgan fingerprint density at radius 3 is 2.59 bits per heavy atom. The van der Waals surface area contributed by atoms with Gasteiger partial charge in [0.25, 0.3) is 5.56 Å². The summed E-state index contributed by atoms with van der Waals surface area (Å²) in [7, 11) is 3.00. The van der Waals surface area contributed by atoms with Crippen LogP contribution in [0.15, 0.2) is 47.3 Å². The smallest absolute Gasteiger partial charge is 0.294 e. The first kappa shape index (κ1) is 21.4. The lowest BCUT2D eigenvalue weighted by Crippen LogP contribution is -2.30. The van der Waals surface area contributed by atoms with E-state index in [9.17, 15) is 14.0 Å². The second-order valence-corrected chi connectivity index (χ2v) is 8.05. The van der Waals surface area contributed by atoms with Crippen molar-refractivity contribution in [3.63, 3.8) is 0 Å². The number of hydrogen-bond donors (Lipinski definition) is 1. The van der Waals surface area contributed by atoms with Gasteiger partial charge < -0.3 is 14.8 Å². The summed E-state index contributed by atoms with van der Waals surface area (Å²) in [6.07, 6.45) is 0. The Morgan fingerprint density at radius 2 is 1.91 bits per heavy atom. The van der Waals surface area contributed by atoms with Crippen LogP contribution in [0.4, 0.5) is 10.1 Å². The van der Waals surface area contributed by atoms with E-state index in [1.165, 1.54) is 37.7 Å². The number of anilines is 1. The Balaban J connectivity index is 1.70. The average Bonchev–Trinajstić information content (AvgIpc) is 3.18. The van der Waals surface area contributed by atoms with Crippen LogP contribution in [0.2, 0.25) is 0 Å². The number of aryl methyl sites for hydroxylation is 1. The van der Waals surface area contributed by atoms with Crippen LogP contribution < -0.4 is 20.3 Å². The molecule has 8 nitrogen and oxygen atoms in total. The zero-order chi connectivity index (χ0) is 22.8. The van der Waals surface area contributed by atoms with Crippen molar-refractivity contribution in [2.24, 2.45) is 0 Å². The molecule has 0 aliphatic rings. The number of aromatic nitrogens is 3. The quantitative estimate of drug-likeness (QED) is 0.478. The summed E-state index contributed by atoms with van der Waals surface area (Å²) in [5, 5.41) is 7.81. The molecule has 2 aromatic carbocycles. The third kappa shape index (κ3) is 4.17. The molecule has 2 heterocycles. The Labute approximate surface area is 186 Å². The van der Waals surface area contributed by atoms with Crippen LogP contribution in [0.1, 0.15) is 5.01 Å². The molecule has 1 amide bonds. The molecule has 0 spiro atoms. The number of nitrogens with one attached hydrogen (secondary N) is 1. The molecular formula is C22H19FN4O4S. The van der Waals surface area contributed by atoms with Gasteiger partial charge in [0.2, 0.25) is 5.91 Å². The third-order valence-corrected chi connectivity index (χ3v) is 5.68. The molecular weight excluding hydrogens is 435 g/mol. The molecule has 1 N–H and O–H groups in total. The Bertz CT molecular complexity index is 1370. The van der Waals surface area contributed by atoms with E-state index >= 15 is 0 Å². The maximum Gasteiger partial charge on any atom is 0.294 e. The van der Waals surface area contributed by atoms with Gasteiger partial charge in [-0.1, -0.05) is 0 Å². The summed E-state index contributed by atoms with van der Waals surface area (Å²) in [6, 6.07) is 10.7. The van der Waals surface area contributed by atoms with Crippen LogP contribution in [0.5, 0.6) is 11.5 Å². The zero-order valence-electron chi connectivity index (χ0n) is 17.5. The summed E-state index contributed by atoms with van der Waals surface area (Å²) in [6.45, 7) is 1.44. The van der Waals surface area contributed by atoms with E-state index in [0.717, 1.165) is 4.68 Å². The number of carbonyl (C=O) groups is 1. The summed E-state index contributed by atoms with van der Waals surface area (Å²) >= 11 is 1.32. The van der Waals surface area contributed by atoms with Gasteiger partial charge in [0.1, 0.15) is 29.6 Å². The van der Waals surface area contributed by atoms with Gasteiger partial charge in [-0.15, -0.1) is 11.3 Å². The van der Waals surface area contributed by atoms with Gasteiger partial charge in [-0.2, -0.15) is 5.10 Å². The van der Waals surface area contributed by atoms with Crippen molar-refractivity contribution in [2.75, 3.05) is 19.5 Å². The van der Waals surface area contributed by atoms with E-state index in [4.69, 9.17) is 9.47 Å². The molecule has 164 valence electrons. The van der Waals surface area contributed by atoms with E-state index in [1.807, 2.05) is 0 Å². The minimum absolute atomic E-state index is 0.219. The Hall–Kier alpha value is -3.79. The van der Waals surface area contributed by atoms with Gasteiger partial charge in [-0.05, 0) is 43.3 Å². The third-order valence-electron chi connectivity index (χ3n) is 4.70. The van der Waals surface area contributed by atoms with Crippen molar-refractivity contribution < 1.29 is 18.7 Å². The highest BCUT2D eigenvalue weighted by atomic mass is 32.1. The highest BCUT2D eigenvalue weighted by Crippen LogP contribution is 2.30. The zero-order valence-corrected chi connectivity index (χ0v) is 18.3. The number of benzene rings is 2. The molecule has 0 saturated heterocycles. The first-order valence-electron chi connectivity index (χ1n) is 9.55. The number of fused-ring (bicyclic) bond motifs is 1. The Kier molecular flexibility index (Phi) is 5.87. The number of amides is 1. The SMILES string of the molecule is COc1ccc(NC(=O)Cn2nc(-c3ccc(F)cc3)c3sc(C)nc3c2=O)c(OC)c1. The van der Waals surface area contributed by atoms with Gasteiger partial charge in [0.05, 0.1) is 29.6 Å². The van der Waals surface area contributed by atoms with E-state index in [0.29, 0.717) is 38.2 Å². The fraction of sp³-hybridized carbons (Fsp3) is 0.182. The molecule has 0 bridgehead atoms. The number of rotatable bonds is 6. The largest absolute Gasteiger partial charge is 0.497 e. The lowest BCUT2D eigenvalue weighted by atomic mass is 10.1. The van der Waals surface area contributed by atoms with Crippen molar-refractivity contribution in [3.05, 3.63) is 63.6 Å². The maximum atomic E-state index is 13.4. The van der Waals surface area contributed by atoms with Crippen LogP contribution in [0.3, 0.4) is 0 Å². The number of carbonyl (C=O) groups excluding carboxylic acids is 1. The van der Waals surface area contributed by atoms with Gasteiger partial charge in [0.15, 0.2) is 5.52 Å². The van der Waals surface area contributed by atoms with Crippen LogP contribution >= 0.6 is 11.3 Å². The van der Waals surface area contributed by atoms with Crippen LogP contribution in [0.25, 0.3) is 21.5 Å². The molecule has 4 rings (SSSR count). The summed E-state index contributed by atoms with van der Waals surface area (Å²) in [5.41, 5.74) is 1.24. The van der Waals surface area contributed by atoms with Crippen LogP contribution in [-0.4, -0.2) is 34.9 Å². The number of hydrogen-bond acceptors (Lipinski definition) is 7. The molecule has 4 aromatic rings. The monoisotopic (exact) mass is 454 g/mol. The summed E-state index contributed by atoms with van der Waals surface area (Å²) < 4.78 is 25.5. The number of methoxy groups -OCH3 is 2. The molecule has 2 aromatic heterocycles. The molecule has 0 atom stereocenters. The van der Waals surface area contributed by atoms with E-state index in [-0.39, 0.29) is 17.9 Å². The van der Waals surface area contributed by atoms with Gasteiger partial charge >= 0.3 is 0 Å². The molecule has 0 radical (unpaired) electrons. The molecule has 0 unspecified atom stereocenters. The second kappa shape index (κ2) is 8.75. The van der Waals surface area contributed by atoms with E-state index in [2.05, 4.69) is 15.4 Å². The topological polar surface area (TPSA) is 95.3 Å². The molecule has 10 heteroatoms. The normalized spacial score (nSPS) is 10.9. The summed E-state index contributed by atoms with van der Waals surface area (Å²) in [4.78, 5) is 30.0. The predicted octanol–water partition coefficient (Wildman–Crippen LogP) is 3.62. The van der Waals surface area contributed by atoms with Crippen molar-refractivity contribution >= 4 is 33.1 Å².